The molecule has 2 aromatic carbocycles. The van der Waals surface area contributed by atoms with Gasteiger partial charge in [-0.1, -0.05) is 49.7 Å². The van der Waals surface area contributed by atoms with E-state index in [1.165, 1.54) is 11.6 Å². The number of hydrogen-bond acceptors (Lipinski definition) is 3. The number of nitrogens with zero attached hydrogens (tertiary/aromatic N) is 1. The van der Waals surface area contributed by atoms with Crippen LogP contribution in [0.25, 0.3) is 0 Å². The van der Waals surface area contributed by atoms with Gasteiger partial charge in [0.25, 0.3) is 5.69 Å². The van der Waals surface area contributed by atoms with Crippen molar-refractivity contribution in [2.24, 2.45) is 0 Å². The molecule has 1 N–H and O–H groups in total. The molecule has 2 aromatic rings. The maximum Gasteiger partial charge on any atom is 0.275 e. The summed E-state index contributed by atoms with van der Waals surface area (Å²) in [6, 6.07) is 12.7. The highest BCUT2D eigenvalue weighted by Crippen LogP contribution is 2.29. The van der Waals surface area contributed by atoms with Crippen molar-refractivity contribution in [1.82, 2.24) is 0 Å². The first-order valence-corrected chi connectivity index (χ1v) is 7.13. The lowest BCUT2D eigenvalue weighted by molar-refractivity contribution is -0.385. The minimum Gasteiger partial charge on any atom is -0.380 e. The molecule has 0 unspecified atom stereocenters. The van der Waals surface area contributed by atoms with E-state index < -0.39 is 4.92 Å². The number of nitro benzene ring substituents is 1. The SMILES string of the molecule is CC(C)c1ccccc1NCc1c(Cl)cccc1[N+](=O)[O-]. The number of nitro groups is 1. The summed E-state index contributed by atoms with van der Waals surface area (Å²) in [5.74, 6) is 0.370. The Bertz CT molecular complexity index is 656. The quantitative estimate of drug-likeness (QED) is 0.626. The number of benzene rings is 2. The highest BCUT2D eigenvalue weighted by atomic mass is 35.5. The Hall–Kier alpha value is -2.07. The normalized spacial score (nSPS) is 10.7. The molecule has 0 heterocycles. The first-order valence-electron chi connectivity index (χ1n) is 6.75. The van der Waals surface area contributed by atoms with E-state index in [2.05, 4.69) is 19.2 Å². The van der Waals surface area contributed by atoms with Crippen molar-refractivity contribution in [1.29, 1.82) is 0 Å². The second-order valence-corrected chi connectivity index (χ2v) is 5.50. The summed E-state index contributed by atoms with van der Waals surface area (Å²) in [6.45, 7) is 4.54. The van der Waals surface area contributed by atoms with E-state index in [0.29, 0.717) is 23.0 Å². The van der Waals surface area contributed by atoms with Gasteiger partial charge in [-0.15, -0.1) is 0 Å². The van der Waals surface area contributed by atoms with Crippen LogP contribution in [0.3, 0.4) is 0 Å². The van der Waals surface area contributed by atoms with Gasteiger partial charge in [0, 0.05) is 18.3 Å². The summed E-state index contributed by atoms with van der Waals surface area (Å²) in [7, 11) is 0. The molecule has 0 aliphatic heterocycles. The smallest absolute Gasteiger partial charge is 0.275 e. The molecule has 110 valence electrons. The van der Waals surface area contributed by atoms with E-state index in [1.54, 1.807) is 12.1 Å². The molecule has 0 aliphatic rings. The molecule has 2 rings (SSSR count). The largest absolute Gasteiger partial charge is 0.380 e. The van der Waals surface area contributed by atoms with Gasteiger partial charge in [-0.05, 0) is 23.6 Å². The Kier molecular flexibility index (Phi) is 4.81. The number of anilines is 1. The first kappa shape index (κ1) is 15.3. The van der Waals surface area contributed by atoms with E-state index in [-0.39, 0.29) is 5.69 Å². The third kappa shape index (κ3) is 3.52. The van der Waals surface area contributed by atoms with Crippen LogP contribution in [0.4, 0.5) is 11.4 Å². The van der Waals surface area contributed by atoms with Crippen LogP contribution in [0.2, 0.25) is 5.02 Å². The van der Waals surface area contributed by atoms with Crippen molar-refractivity contribution >= 4 is 23.0 Å². The minimum atomic E-state index is -0.406. The topological polar surface area (TPSA) is 55.2 Å². The highest BCUT2D eigenvalue weighted by molar-refractivity contribution is 6.31. The van der Waals surface area contributed by atoms with E-state index in [4.69, 9.17) is 11.6 Å². The van der Waals surface area contributed by atoms with Gasteiger partial charge >= 0.3 is 0 Å². The van der Waals surface area contributed by atoms with Gasteiger partial charge in [0.1, 0.15) is 0 Å². The molecule has 0 aliphatic carbocycles. The molecule has 5 heteroatoms. The van der Waals surface area contributed by atoms with Gasteiger partial charge in [-0.25, -0.2) is 0 Å². The minimum absolute atomic E-state index is 0.0389. The van der Waals surface area contributed by atoms with E-state index in [9.17, 15) is 10.1 Å². The third-order valence-electron chi connectivity index (χ3n) is 3.33. The maximum absolute atomic E-state index is 11.1. The van der Waals surface area contributed by atoms with Crippen LogP contribution in [0.15, 0.2) is 42.5 Å². The van der Waals surface area contributed by atoms with Crippen LogP contribution in [0.1, 0.15) is 30.9 Å². The lowest BCUT2D eigenvalue weighted by atomic mass is 10.0. The standard InChI is InChI=1S/C16H17ClN2O2/c1-11(2)12-6-3-4-8-15(12)18-10-13-14(17)7-5-9-16(13)19(20)21/h3-9,11,18H,10H2,1-2H3. The second kappa shape index (κ2) is 6.59. The van der Waals surface area contributed by atoms with Crippen molar-refractivity contribution in [2.75, 3.05) is 5.32 Å². The number of halogens is 1. The van der Waals surface area contributed by atoms with Gasteiger partial charge in [0.15, 0.2) is 0 Å². The van der Waals surface area contributed by atoms with E-state index in [1.807, 2.05) is 24.3 Å². The summed E-state index contributed by atoms with van der Waals surface area (Å²) in [6.07, 6.45) is 0. The molecule has 0 aromatic heterocycles. The third-order valence-corrected chi connectivity index (χ3v) is 3.68. The van der Waals surface area contributed by atoms with Gasteiger partial charge in [-0.2, -0.15) is 0 Å². The molecular weight excluding hydrogens is 288 g/mol. The van der Waals surface area contributed by atoms with Crippen molar-refractivity contribution < 1.29 is 4.92 Å². The second-order valence-electron chi connectivity index (χ2n) is 5.09. The zero-order valence-electron chi connectivity index (χ0n) is 12.0. The van der Waals surface area contributed by atoms with Crippen molar-refractivity contribution in [3.63, 3.8) is 0 Å². The van der Waals surface area contributed by atoms with E-state index >= 15 is 0 Å². The Morgan fingerprint density at radius 1 is 1.19 bits per heavy atom. The fourth-order valence-corrected chi connectivity index (χ4v) is 2.47. The number of nitrogens with one attached hydrogen (secondary N) is 1. The molecule has 0 saturated carbocycles. The average Bonchev–Trinajstić information content (AvgIpc) is 2.45. The van der Waals surface area contributed by atoms with Gasteiger partial charge in [0.2, 0.25) is 0 Å². The number of hydrogen-bond donors (Lipinski definition) is 1. The first-order chi connectivity index (χ1) is 10.0. The van der Waals surface area contributed by atoms with Crippen LogP contribution in [-0.4, -0.2) is 4.92 Å². The van der Waals surface area contributed by atoms with Gasteiger partial charge in [0.05, 0.1) is 15.5 Å². The van der Waals surface area contributed by atoms with Crippen LogP contribution in [0.5, 0.6) is 0 Å². The predicted octanol–water partition coefficient (Wildman–Crippen LogP) is 4.98. The Balaban J connectivity index is 2.27. The zero-order chi connectivity index (χ0) is 15.4. The lowest BCUT2D eigenvalue weighted by Crippen LogP contribution is -2.06. The summed E-state index contributed by atoms with van der Waals surface area (Å²) in [5, 5.41) is 14.7. The molecule has 0 saturated heterocycles. The van der Waals surface area contributed by atoms with Crippen molar-refractivity contribution in [2.45, 2.75) is 26.3 Å². The van der Waals surface area contributed by atoms with Crippen LogP contribution in [0, 0.1) is 10.1 Å². The Morgan fingerprint density at radius 2 is 1.90 bits per heavy atom. The molecule has 0 bridgehead atoms. The Labute approximate surface area is 128 Å². The lowest BCUT2D eigenvalue weighted by Gasteiger charge is -2.15. The molecular formula is C16H17ClN2O2. The van der Waals surface area contributed by atoms with E-state index in [0.717, 1.165) is 5.69 Å². The molecule has 4 nitrogen and oxygen atoms in total. The monoisotopic (exact) mass is 304 g/mol. The molecule has 0 atom stereocenters. The summed E-state index contributed by atoms with van der Waals surface area (Å²) in [4.78, 5) is 10.7. The van der Waals surface area contributed by atoms with Gasteiger partial charge < -0.3 is 5.32 Å². The fraction of sp³-hybridized carbons (Fsp3) is 0.250. The summed E-state index contributed by atoms with van der Waals surface area (Å²) < 4.78 is 0. The van der Waals surface area contributed by atoms with Crippen LogP contribution in [-0.2, 0) is 6.54 Å². The molecule has 0 fully saturated rings. The van der Waals surface area contributed by atoms with Crippen LogP contribution >= 0.6 is 11.6 Å². The van der Waals surface area contributed by atoms with Crippen molar-refractivity contribution in [3.8, 4) is 0 Å². The average molecular weight is 305 g/mol. The number of para-hydroxylation sites is 1. The zero-order valence-corrected chi connectivity index (χ0v) is 12.7. The Morgan fingerprint density at radius 3 is 2.57 bits per heavy atom. The predicted molar refractivity (Wildman–Crippen MR) is 86.0 cm³/mol. The fourth-order valence-electron chi connectivity index (χ4n) is 2.24. The van der Waals surface area contributed by atoms with Gasteiger partial charge in [-0.3, -0.25) is 10.1 Å². The highest BCUT2D eigenvalue weighted by Gasteiger charge is 2.16. The molecule has 0 amide bonds. The van der Waals surface area contributed by atoms with Crippen molar-refractivity contribution in [3.05, 3.63) is 68.7 Å². The van der Waals surface area contributed by atoms with Crippen LogP contribution < -0.4 is 5.32 Å². The summed E-state index contributed by atoms with van der Waals surface area (Å²) in [5.41, 5.74) is 2.69. The number of rotatable bonds is 5. The molecule has 0 radical (unpaired) electrons. The molecule has 0 spiro atoms. The maximum atomic E-state index is 11.1. The summed E-state index contributed by atoms with van der Waals surface area (Å²) >= 11 is 6.10. The molecule has 21 heavy (non-hydrogen) atoms.